The van der Waals surface area contributed by atoms with Crippen LogP contribution in [0.2, 0.25) is 0 Å². The van der Waals surface area contributed by atoms with Gasteiger partial charge < -0.3 is 18.9 Å². The third-order valence-electron chi connectivity index (χ3n) is 5.64. The van der Waals surface area contributed by atoms with Gasteiger partial charge in [0.1, 0.15) is 11.5 Å². The lowest BCUT2D eigenvalue weighted by molar-refractivity contribution is 0.288. The molecule has 0 saturated carbocycles. The molecular weight excluding hydrogens is 312 g/mol. The first-order chi connectivity index (χ1) is 12.2. The average molecular weight is 338 g/mol. The van der Waals surface area contributed by atoms with Crippen molar-refractivity contribution in [3.8, 4) is 11.5 Å². The second-order valence-electron chi connectivity index (χ2n) is 6.98. The number of rotatable bonds is 5. The van der Waals surface area contributed by atoms with Crippen LogP contribution in [0, 0.1) is 0 Å². The summed E-state index contributed by atoms with van der Waals surface area (Å²) in [5.41, 5.74) is 2.48. The van der Waals surface area contributed by atoms with Gasteiger partial charge in [-0.25, -0.2) is 0 Å². The lowest BCUT2D eigenvalue weighted by Crippen LogP contribution is -2.26. The summed E-state index contributed by atoms with van der Waals surface area (Å²) in [4.78, 5) is 2.50. The van der Waals surface area contributed by atoms with Crippen molar-refractivity contribution in [3.63, 3.8) is 0 Å². The van der Waals surface area contributed by atoms with E-state index in [0.717, 1.165) is 18.0 Å². The number of likely N-dealkylation sites (tertiary alicyclic amines) is 1. The molecule has 1 aliphatic heterocycles. The molecular formula is C21H26N2O2. The maximum atomic E-state index is 5.47. The molecule has 0 bridgehead atoms. The van der Waals surface area contributed by atoms with Gasteiger partial charge in [0.25, 0.3) is 0 Å². The van der Waals surface area contributed by atoms with E-state index in [4.69, 9.17) is 9.47 Å². The first-order valence-electron chi connectivity index (χ1n) is 9.05. The second-order valence-corrected chi connectivity index (χ2v) is 6.98. The lowest BCUT2D eigenvalue weighted by Gasteiger charge is -2.20. The Bertz CT molecular complexity index is 838. The van der Waals surface area contributed by atoms with Crippen LogP contribution in [-0.4, -0.2) is 43.3 Å². The number of ether oxygens (including phenoxy) is 2. The van der Waals surface area contributed by atoms with E-state index in [1.807, 2.05) is 12.1 Å². The maximum absolute atomic E-state index is 5.47. The standard InChI is InChI=1S/C21H26N2O2/c1-22-11-4-5-15(22)10-12-23-20-13-16(24-2)6-8-18(20)19-9-7-17(25-3)14-21(19)23/h6-9,13-15H,4-5,10-12H2,1-3H3. The molecule has 3 aromatic rings. The highest BCUT2D eigenvalue weighted by Gasteiger charge is 2.21. The van der Waals surface area contributed by atoms with Crippen LogP contribution >= 0.6 is 0 Å². The molecule has 0 spiro atoms. The van der Waals surface area contributed by atoms with E-state index in [1.165, 1.54) is 47.6 Å². The number of methoxy groups -OCH3 is 2. The minimum absolute atomic E-state index is 0.684. The first kappa shape index (κ1) is 16.3. The predicted octanol–water partition coefficient (Wildman–Crippen LogP) is 4.30. The zero-order chi connectivity index (χ0) is 17.4. The Labute approximate surface area is 148 Å². The van der Waals surface area contributed by atoms with Gasteiger partial charge in [-0.2, -0.15) is 0 Å². The van der Waals surface area contributed by atoms with Crippen molar-refractivity contribution in [2.75, 3.05) is 27.8 Å². The van der Waals surface area contributed by atoms with Crippen molar-refractivity contribution in [1.82, 2.24) is 9.47 Å². The van der Waals surface area contributed by atoms with Crippen LogP contribution in [0.4, 0.5) is 0 Å². The van der Waals surface area contributed by atoms with Crippen molar-refractivity contribution in [1.29, 1.82) is 0 Å². The summed E-state index contributed by atoms with van der Waals surface area (Å²) >= 11 is 0. The summed E-state index contributed by atoms with van der Waals surface area (Å²) < 4.78 is 13.4. The van der Waals surface area contributed by atoms with E-state index < -0.39 is 0 Å². The van der Waals surface area contributed by atoms with Crippen LogP contribution in [0.1, 0.15) is 19.3 Å². The smallest absolute Gasteiger partial charge is 0.120 e. The van der Waals surface area contributed by atoms with Crippen molar-refractivity contribution in [3.05, 3.63) is 36.4 Å². The molecule has 1 saturated heterocycles. The van der Waals surface area contributed by atoms with Crippen molar-refractivity contribution < 1.29 is 9.47 Å². The lowest BCUT2D eigenvalue weighted by atomic mass is 10.1. The third kappa shape index (κ3) is 2.85. The van der Waals surface area contributed by atoms with Crippen LogP contribution in [-0.2, 0) is 6.54 Å². The quantitative estimate of drug-likeness (QED) is 0.694. The van der Waals surface area contributed by atoms with Gasteiger partial charge in [-0.3, -0.25) is 0 Å². The maximum Gasteiger partial charge on any atom is 0.120 e. The van der Waals surface area contributed by atoms with E-state index in [2.05, 4.69) is 40.8 Å². The van der Waals surface area contributed by atoms with Gasteiger partial charge in [-0.15, -0.1) is 0 Å². The Morgan fingerprint density at radius 1 is 0.960 bits per heavy atom. The molecule has 1 aliphatic rings. The normalized spacial score (nSPS) is 18.3. The van der Waals surface area contributed by atoms with E-state index in [1.54, 1.807) is 14.2 Å². The van der Waals surface area contributed by atoms with Crippen molar-refractivity contribution >= 4 is 21.8 Å². The third-order valence-corrected chi connectivity index (χ3v) is 5.64. The number of nitrogens with zero attached hydrogens (tertiary/aromatic N) is 2. The Morgan fingerprint density at radius 3 is 2.04 bits per heavy atom. The van der Waals surface area contributed by atoms with Crippen LogP contribution < -0.4 is 9.47 Å². The van der Waals surface area contributed by atoms with Gasteiger partial charge in [0.15, 0.2) is 0 Å². The Balaban J connectivity index is 1.81. The van der Waals surface area contributed by atoms with Crippen LogP contribution in [0.25, 0.3) is 21.8 Å². The summed E-state index contributed by atoms with van der Waals surface area (Å²) in [6.45, 7) is 2.23. The van der Waals surface area contributed by atoms with Gasteiger partial charge in [0, 0.05) is 35.5 Å². The molecule has 25 heavy (non-hydrogen) atoms. The molecule has 2 aromatic carbocycles. The molecule has 4 nitrogen and oxygen atoms in total. The fourth-order valence-electron chi connectivity index (χ4n) is 4.17. The molecule has 1 aromatic heterocycles. The van der Waals surface area contributed by atoms with Crippen LogP contribution in [0.3, 0.4) is 0 Å². The number of hydrogen-bond donors (Lipinski definition) is 0. The van der Waals surface area contributed by atoms with Crippen LogP contribution in [0.15, 0.2) is 36.4 Å². The zero-order valence-electron chi connectivity index (χ0n) is 15.3. The summed E-state index contributed by atoms with van der Waals surface area (Å²) in [7, 11) is 5.70. The molecule has 0 radical (unpaired) electrons. The molecule has 1 unspecified atom stereocenters. The number of hydrogen-bond acceptors (Lipinski definition) is 3. The van der Waals surface area contributed by atoms with E-state index >= 15 is 0 Å². The van der Waals surface area contributed by atoms with E-state index in [-0.39, 0.29) is 0 Å². The van der Waals surface area contributed by atoms with E-state index in [0.29, 0.717) is 6.04 Å². The molecule has 132 valence electrons. The summed E-state index contributed by atoms with van der Waals surface area (Å²) in [5.74, 6) is 1.81. The molecule has 0 aliphatic carbocycles. The summed E-state index contributed by atoms with van der Waals surface area (Å²) in [6.07, 6.45) is 3.79. The first-order valence-corrected chi connectivity index (χ1v) is 9.05. The molecule has 0 N–H and O–H groups in total. The summed E-state index contributed by atoms with van der Waals surface area (Å²) in [5, 5.41) is 2.55. The largest absolute Gasteiger partial charge is 0.497 e. The van der Waals surface area contributed by atoms with Gasteiger partial charge in [0.05, 0.1) is 25.3 Å². The zero-order valence-corrected chi connectivity index (χ0v) is 15.3. The fourth-order valence-corrected chi connectivity index (χ4v) is 4.17. The number of aryl methyl sites for hydroxylation is 1. The Kier molecular flexibility index (Phi) is 4.30. The highest BCUT2D eigenvalue weighted by molar-refractivity contribution is 6.08. The SMILES string of the molecule is COc1ccc2c3ccc(OC)cc3n(CCC3CCCN3C)c2c1. The molecule has 2 heterocycles. The molecule has 4 rings (SSSR count). The minimum Gasteiger partial charge on any atom is -0.497 e. The molecule has 1 fully saturated rings. The monoisotopic (exact) mass is 338 g/mol. The highest BCUT2D eigenvalue weighted by atomic mass is 16.5. The number of aromatic nitrogens is 1. The Morgan fingerprint density at radius 2 is 1.56 bits per heavy atom. The van der Waals surface area contributed by atoms with Gasteiger partial charge >= 0.3 is 0 Å². The summed E-state index contributed by atoms with van der Waals surface area (Å²) in [6, 6.07) is 13.4. The molecule has 0 amide bonds. The topological polar surface area (TPSA) is 26.6 Å². The number of benzene rings is 2. The molecule has 1 atom stereocenters. The average Bonchev–Trinajstić information content (AvgIpc) is 3.19. The fraction of sp³-hybridized carbons (Fsp3) is 0.429. The second kappa shape index (κ2) is 6.60. The Hall–Kier alpha value is -2.20. The number of fused-ring (bicyclic) bond motifs is 3. The predicted molar refractivity (Wildman–Crippen MR) is 103 cm³/mol. The van der Waals surface area contributed by atoms with E-state index in [9.17, 15) is 0 Å². The minimum atomic E-state index is 0.684. The van der Waals surface area contributed by atoms with Crippen LogP contribution in [0.5, 0.6) is 11.5 Å². The highest BCUT2D eigenvalue weighted by Crippen LogP contribution is 2.34. The van der Waals surface area contributed by atoms with Crippen molar-refractivity contribution in [2.45, 2.75) is 31.8 Å². The van der Waals surface area contributed by atoms with Gasteiger partial charge in [-0.05, 0) is 57.1 Å². The van der Waals surface area contributed by atoms with Gasteiger partial charge in [0.2, 0.25) is 0 Å². The van der Waals surface area contributed by atoms with Crippen molar-refractivity contribution in [2.24, 2.45) is 0 Å². The van der Waals surface area contributed by atoms with Gasteiger partial charge in [-0.1, -0.05) is 0 Å². The molecule has 4 heteroatoms.